The minimum absolute atomic E-state index is 0.0980. The van der Waals surface area contributed by atoms with Crippen LogP contribution in [0, 0.1) is 5.82 Å². The number of amides is 3. The van der Waals surface area contributed by atoms with Crippen LogP contribution in [0.5, 0.6) is 5.75 Å². The summed E-state index contributed by atoms with van der Waals surface area (Å²) in [6.07, 6.45) is -3.49. The number of aromatic nitrogens is 3. The monoisotopic (exact) mass is 632 g/mol. The summed E-state index contributed by atoms with van der Waals surface area (Å²) in [5.41, 5.74) is 3.06. The van der Waals surface area contributed by atoms with E-state index in [2.05, 4.69) is 25.1 Å². The summed E-state index contributed by atoms with van der Waals surface area (Å²) < 4.78 is 57.4. The van der Waals surface area contributed by atoms with E-state index in [1.165, 1.54) is 40.2 Å². The second-order valence-electron chi connectivity index (χ2n) is 9.50. The fourth-order valence-electron chi connectivity index (χ4n) is 4.44. The first-order chi connectivity index (χ1) is 21.6. The van der Waals surface area contributed by atoms with Gasteiger partial charge in [0, 0.05) is 5.56 Å². The number of ether oxygens (including phenoxy) is 1. The predicted molar refractivity (Wildman–Crippen MR) is 162 cm³/mol. The van der Waals surface area contributed by atoms with Crippen LogP contribution in [-0.4, -0.2) is 44.0 Å². The van der Waals surface area contributed by atoms with Crippen molar-refractivity contribution in [2.75, 3.05) is 16.0 Å². The molecular weight excluding hydrogens is 612 g/mol. The van der Waals surface area contributed by atoms with Crippen molar-refractivity contribution in [1.82, 2.24) is 14.8 Å². The SMILES string of the molecule is O=C(N=C1SCC(=O)N1c1ccc(-c2ccccc2)cc1)Nc1ccc(-c2ncn(-c3ccc(OC(F)(F)F)cc3)n2)cc1F. The van der Waals surface area contributed by atoms with Crippen LogP contribution in [0.1, 0.15) is 0 Å². The fourth-order valence-corrected chi connectivity index (χ4v) is 5.30. The number of benzene rings is 4. The van der Waals surface area contributed by atoms with Crippen LogP contribution < -0.4 is 15.0 Å². The Morgan fingerprint density at radius 2 is 1.56 bits per heavy atom. The lowest BCUT2D eigenvalue weighted by molar-refractivity contribution is -0.274. The molecule has 45 heavy (non-hydrogen) atoms. The molecule has 226 valence electrons. The molecule has 1 aliphatic heterocycles. The molecule has 1 saturated heterocycles. The van der Waals surface area contributed by atoms with Gasteiger partial charge in [0.25, 0.3) is 0 Å². The maximum atomic E-state index is 15.0. The molecule has 5 aromatic rings. The van der Waals surface area contributed by atoms with Crippen molar-refractivity contribution >= 4 is 40.2 Å². The number of hydrogen-bond donors (Lipinski definition) is 1. The minimum Gasteiger partial charge on any atom is -0.406 e. The number of hydrogen-bond acceptors (Lipinski definition) is 6. The van der Waals surface area contributed by atoms with Crippen molar-refractivity contribution in [3.8, 4) is 34.0 Å². The van der Waals surface area contributed by atoms with E-state index in [9.17, 15) is 27.2 Å². The van der Waals surface area contributed by atoms with Crippen molar-refractivity contribution in [3.63, 3.8) is 0 Å². The van der Waals surface area contributed by atoms with Crippen LogP contribution in [0.4, 0.5) is 33.7 Å². The third kappa shape index (κ3) is 6.86. The van der Waals surface area contributed by atoms with Gasteiger partial charge in [-0.15, -0.1) is 18.3 Å². The van der Waals surface area contributed by atoms with Gasteiger partial charge in [0.1, 0.15) is 17.9 Å². The molecule has 4 aromatic carbocycles. The highest BCUT2D eigenvalue weighted by Crippen LogP contribution is 2.30. The number of alkyl halides is 3. The Labute approximate surface area is 257 Å². The normalized spacial score (nSPS) is 14.2. The summed E-state index contributed by atoms with van der Waals surface area (Å²) in [6, 6.07) is 25.0. The first kappa shape index (κ1) is 29.6. The smallest absolute Gasteiger partial charge is 0.406 e. The lowest BCUT2D eigenvalue weighted by Crippen LogP contribution is -2.30. The Bertz CT molecular complexity index is 1900. The Balaban J connectivity index is 1.13. The minimum atomic E-state index is -4.81. The number of carbonyl (C=O) groups excluding carboxylic acids is 2. The lowest BCUT2D eigenvalue weighted by Gasteiger charge is -2.16. The molecule has 1 aromatic heterocycles. The number of nitrogens with zero attached hydrogens (tertiary/aromatic N) is 5. The van der Waals surface area contributed by atoms with E-state index in [-0.39, 0.29) is 39.7 Å². The molecule has 0 spiro atoms. The number of anilines is 2. The Hall–Kier alpha value is -5.50. The number of halogens is 4. The second-order valence-corrected chi connectivity index (χ2v) is 10.4. The zero-order valence-electron chi connectivity index (χ0n) is 22.9. The van der Waals surface area contributed by atoms with Crippen LogP contribution in [0.2, 0.25) is 0 Å². The molecule has 0 saturated carbocycles. The first-order valence-electron chi connectivity index (χ1n) is 13.2. The van der Waals surface area contributed by atoms with E-state index < -0.39 is 18.2 Å². The first-order valence-corrected chi connectivity index (χ1v) is 14.2. The quantitative estimate of drug-likeness (QED) is 0.197. The van der Waals surface area contributed by atoms with Crippen molar-refractivity contribution in [1.29, 1.82) is 0 Å². The average molecular weight is 633 g/mol. The number of carbonyl (C=O) groups is 2. The molecule has 0 radical (unpaired) electrons. The van der Waals surface area contributed by atoms with Crippen LogP contribution in [-0.2, 0) is 4.79 Å². The fraction of sp³-hybridized carbons (Fsp3) is 0.0645. The summed E-state index contributed by atoms with van der Waals surface area (Å²) in [5.74, 6) is -1.18. The predicted octanol–water partition coefficient (Wildman–Crippen LogP) is 7.31. The molecule has 1 aliphatic rings. The van der Waals surface area contributed by atoms with Gasteiger partial charge in [0.05, 0.1) is 22.8 Å². The zero-order chi connectivity index (χ0) is 31.6. The van der Waals surface area contributed by atoms with Gasteiger partial charge in [0.15, 0.2) is 11.0 Å². The van der Waals surface area contributed by atoms with E-state index in [1.807, 2.05) is 42.5 Å². The largest absolute Gasteiger partial charge is 0.573 e. The third-order valence-electron chi connectivity index (χ3n) is 6.49. The molecule has 3 amide bonds. The second kappa shape index (κ2) is 12.2. The molecule has 14 heteroatoms. The number of rotatable bonds is 6. The van der Waals surface area contributed by atoms with Crippen LogP contribution in [0.3, 0.4) is 0 Å². The van der Waals surface area contributed by atoms with E-state index in [1.54, 1.807) is 12.1 Å². The van der Waals surface area contributed by atoms with Crippen molar-refractivity contribution < 1.29 is 31.9 Å². The van der Waals surface area contributed by atoms with E-state index >= 15 is 0 Å². The average Bonchev–Trinajstić information content (AvgIpc) is 3.65. The summed E-state index contributed by atoms with van der Waals surface area (Å²) in [4.78, 5) is 34.9. The molecule has 1 N–H and O–H groups in total. The Morgan fingerprint density at radius 3 is 2.24 bits per heavy atom. The lowest BCUT2D eigenvalue weighted by atomic mass is 10.1. The van der Waals surface area contributed by atoms with Gasteiger partial charge in [-0.1, -0.05) is 54.2 Å². The molecule has 0 aliphatic carbocycles. The molecule has 0 bridgehead atoms. The summed E-state index contributed by atoms with van der Waals surface area (Å²) >= 11 is 1.10. The molecule has 0 atom stereocenters. The van der Waals surface area contributed by atoms with Gasteiger partial charge in [-0.05, 0) is 65.7 Å². The highest BCUT2D eigenvalue weighted by molar-refractivity contribution is 8.15. The molecular formula is C31H20F4N6O3S. The standard InChI is InChI=1S/C31H20F4N6O3S/c32-25-16-21(28-36-18-40(39-28)22-11-13-24(14-12-22)44-31(33,34)35)8-15-26(25)37-29(43)38-30-41(27(42)17-45-30)23-9-6-20(7-10-23)19-4-2-1-3-5-19/h1-16,18H,17H2,(H,37,43). The summed E-state index contributed by atoms with van der Waals surface area (Å²) in [5, 5.41) is 6.81. The number of nitrogens with one attached hydrogen (secondary N) is 1. The van der Waals surface area contributed by atoms with Crippen molar-refractivity contribution in [3.05, 3.63) is 109 Å². The summed E-state index contributed by atoms with van der Waals surface area (Å²) in [6.45, 7) is 0. The van der Waals surface area contributed by atoms with Gasteiger partial charge in [0.2, 0.25) is 5.91 Å². The third-order valence-corrected chi connectivity index (χ3v) is 7.41. The van der Waals surface area contributed by atoms with Gasteiger partial charge in [-0.25, -0.2) is 18.9 Å². The summed E-state index contributed by atoms with van der Waals surface area (Å²) in [7, 11) is 0. The topological polar surface area (TPSA) is 102 Å². The molecule has 9 nitrogen and oxygen atoms in total. The van der Waals surface area contributed by atoms with E-state index in [0.29, 0.717) is 11.4 Å². The molecule has 0 unspecified atom stereocenters. The maximum absolute atomic E-state index is 15.0. The van der Waals surface area contributed by atoms with Gasteiger partial charge in [-0.2, -0.15) is 4.99 Å². The number of urea groups is 1. The highest BCUT2D eigenvalue weighted by Gasteiger charge is 2.31. The van der Waals surface area contributed by atoms with Gasteiger partial charge in [-0.3, -0.25) is 9.69 Å². The Morgan fingerprint density at radius 1 is 0.889 bits per heavy atom. The van der Waals surface area contributed by atoms with E-state index in [4.69, 9.17) is 0 Å². The van der Waals surface area contributed by atoms with Crippen molar-refractivity contribution in [2.45, 2.75) is 6.36 Å². The van der Waals surface area contributed by atoms with Crippen LogP contribution in [0.25, 0.3) is 28.2 Å². The number of amidine groups is 1. The van der Waals surface area contributed by atoms with Crippen LogP contribution in [0.15, 0.2) is 108 Å². The van der Waals surface area contributed by atoms with Gasteiger partial charge < -0.3 is 10.1 Å². The van der Waals surface area contributed by atoms with Crippen LogP contribution >= 0.6 is 11.8 Å². The Kier molecular flexibility index (Phi) is 8.04. The number of aliphatic imine (C=N–C) groups is 1. The van der Waals surface area contributed by atoms with E-state index in [0.717, 1.165) is 41.1 Å². The molecule has 1 fully saturated rings. The van der Waals surface area contributed by atoms with Gasteiger partial charge >= 0.3 is 12.4 Å². The highest BCUT2D eigenvalue weighted by atomic mass is 32.2. The number of thioether (sulfide) groups is 1. The molecule has 2 heterocycles. The zero-order valence-corrected chi connectivity index (χ0v) is 23.7. The van der Waals surface area contributed by atoms with Crippen molar-refractivity contribution in [2.24, 2.45) is 4.99 Å². The molecule has 6 rings (SSSR count). The maximum Gasteiger partial charge on any atom is 0.573 e.